The van der Waals surface area contributed by atoms with Gasteiger partial charge in [0.25, 0.3) is 0 Å². The van der Waals surface area contributed by atoms with Gasteiger partial charge in [-0.2, -0.15) is 9.78 Å². The molecule has 1 N–H and O–H groups in total. The van der Waals surface area contributed by atoms with Crippen LogP contribution >= 0.6 is 0 Å². The zero-order valence-corrected chi connectivity index (χ0v) is 13.3. The molecular formula is C17H18N4O2. The molecule has 0 fully saturated rings. The number of carbonyl (C=O) groups excluding carboxylic acids is 1. The topological polar surface area (TPSA) is 69.0 Å². The Balaban J connectivity index is 2.06. The number of benzene rings is 1. The van der Waals surface area contributed by atoms with Crippen molar-refractivity contribution in [2.45, 2.75) is 20.8 Å². The van der Waals surface area contributed by atoms with Crippen LogP contribution in [0.15, 0.2) is 36.4 Å². The van der Waals surface area contributed by atoms with E-state index in [2.05, 4.69) is 15.4 Å². The largest absolute Gasteiger partial charge is 0.450 e. The van der Waals surface area contributed by atoms with E-state index in [-0.39, 0.29) is 0 Å². The van der Waals surface area contributed by atoms with Gasteiger partial charge in [0.1, 0.15) is 5.82 Å². The van der Waals surface area contributed by atoms with Crippen LogP contribution in [0.1, 0.15) is 18.2 Å². The zero-order valence-electron chi connectivity index (χ0n) is 13.3. The Morgan fingerprint density at radius 1 is 1.26 bits per heavy atom. The lowest BCUT2D eigenvalue weighted by Crippen LogP contribution is -2.16. The Morgan fingerprint density at radius 2 is 2.04 bits per heavy atom. The van der Waals surface area contributed by atoms with Crippen LogP contribution in [0.4, 0.5) is 10.6 Å². The minimum Gasteiger partial charge on any atom is -0.450 e. The number of aromatic nitrogens is 3. The molecular weight excluding hydrogens is 292 g/mol. The predicted molar refractivity (Wildman–Crippen MR) is 89.0 cm³/mol. The maximum Gasteiger partial charge on any atom is 0.412 e. The van der Waals surface area contributed by atoms with Crippen molar-refractivity contribution in [2.24, 2.45) is 0 Å². The van der Waals surface area contributed by atoms with Crippen molar-refractivity contribution in [3.05, 3.63) is 47.7 Å². The molecule has 0 radical (unpaired) electrons. The fourth-order valence-corrected chi connectivity index (χ4v) is 2.48. The fourth-order valence-electron chi connectivity index (χ4n) is 2.48. The van der Waals surface area contributed by atoms with Crippen molar-refractivity contribution in [3.63, 3.8) is 0 Å². The molecule has 0 aliphatic heterocycles. The standard InChI is InChI=1S/C17H18N4O2/c1-4-23-17(22)19-16-10-12(3)20-21(16)15-9-11(2)13-7-5-6-8-14(13)18-15/h5-10H,4H2,1-3H3,(H,19,22). The monoisotopic (exact) mass is 310 g/mol. The van der Waals surface area contributed by atoms with Gasteiger partial charge < -0.3 is 4.74 Å². The summed E-state index contributed by atoms with van der Waals surface area (Å²) in [6.07, 6.45) is -0.508. The van der Waals surface area contributed by atoms with Crippen LogP contribution in [0.3, 0.4) is 0 Å². The molecule has 1 aromatic carbocycles. The third-order valence-corrected chi connectivity index (χ3v) is 3.46. The molecule has 0 saturated heterocycles. The molecule has 23 heavy (non-hydrogen) atoms. The van der Waals surface area contributed by atoms with E-state index in [1.54, 1.807) is 17.7 Å². The summed E-state index contributed by atoms with van der Waals surface area (Å²) in [5, 5.41) is 8.22. The van der Waals surface area contributed by atoms with E-state index >= 15 is 0 Å². The second-order valence-corrected chi connectivity index (χ2v) is 5.24. The first kappa shape index (κ1) is 15.0. The van der Waals surface area contributed by atoms with Gasteiger partial charge in [-0.25, -0.2) is 9.78 Å². The molecule has 2 heterocycles. The highest BCUT2D eigenvalue weighted by atomic mass is 16.5. The van der Waals surface area contributed by atoms with E-state index in [0.717, 1.165) is 22.2 Å². The van der Waals surface area contributed by atoms with Gasteiger partial charge >= 0.3 is 6.09 Å². The summed E-state index contributed by atoms with van der Waals surface area (Å²) in [7, 11) is 0. The molecule has 0 bridgehead atoms. The van der Waals surface area contributed by atoms with E-state index in [0.29, 0.717) is 18.2 Å². The SMILES string of the molecule is CCOC(=O)Nc1cc(C)nn1-c1cc(C)c2ccccc2n1. The highest BCUT2D eigenvalue weighted by Gasteiger charge is 2.13. The van der Waals surface area contributed by atoms with Crippen molar-refractivity contribution in [1.82, 2.24) is 14.8 Å². The lowest BCUT2D eigenvalue weighted by molar-refractivity contribution is 0.167. The van der Waals surface area contributed by atoms with Crippen LogP contribution in [0, 0.1) is 13.8 Å². The van der Waals surface area contributed by atoms with Gasteiger partial charge in [0.15, 0.2) is 5.82 Å². The number of hydrogen-bond acceptors (Lipinski definition) is 4. The van der Waals surface area contributed by atoms with E-state index in [9.17, 15) is 4.79 Å². The first-order valence-electron chi connectivity index (χ1n) is 7.45. The van der Waals surface area contributed by atoms with Gasteiger partial charge in [-0.15, -0.1) is 0 Å². The number of pyridine rings is 1. The summed E-state index contributed by atoms with van der Waals surface area (Å²) < 4.78 is 6.55. The van der Waals surface area contributed by atoms with Crippen LogP contribution in [-0.4, -0.2) is 27.5 Å². The highest BCUT2D eigenvalue weighted by Crippen LogP contribution is 2.22. The summed E-state index contributed by atoms with van der Waals surface area (Å²) in [5.74, 6) is 1.18. The maximum absolute atomic E-state index is 11.7. The third-order valence-electron chi connectivity index (χ3n) is 3.46. The van der Waals surface area contributed by atoms with Gasteiger partial charge in [0, 0.05) is 11.5 Å². The Hall–Kier alpha value is -2.89. The van der Waals surface area contributed by atoms with Crippen molar-refractivity contribution in [2.75, 3.05) is 11.9 Å². The molecule has 0 aliphatic carbocycles. The predicted octanol–water partition coefficient (Wildman–Crippen LogP) is 3.61. The van der Waals surface area contributed by atoms with Crippen LogP contribution in [-0.2, 0) is 4.74 Å². The lowest BCUT2D eigenvalue weighted by Gasteiger charge is -2.10. The van der Waals surface area contributed by atoms with Crippen LogP contribution < -0.4 is 5.32 Å². The average molecular weight is 310 g/mol. The highest BCUT2D eigenvalue weighted by molar-refractivity contribution is 5.85. The van der Waals surface area contributed by atoms with E-state index in [1.165, 1.54) is 0 Å². The molecule has 0 aliphatic rings. The van der Waals surface area contributed by atoms with Gasteiger partial charge in [-0.1, -0.05) is 18.2 Å². The number of fused-ring (bicyclic) bond motifs is 1. The second-order valence-electron chi connectivity index (χ2n) is 5.24. The molecule has 0 unspecified atom stereocenters. The van der Waals surface area contributed by atoms with E-state index in [4.69, 9.17) is 4.74 Å². The zero-order chi connectivity index (χ0) is 16.4. The van der Waals surface area contributed by atoms with E-state index in [1.807, 2.05) is 44.2 Å². The van der Waals surface area contributed by atoms with Crippen LogP contribution in [0.25, 0.3) is 16.7 Å². The summed E-state index contributed by atoms with van der Waals surface area (Å²) in [6.45, 7) is 5.96. The van der Waals surface area contributed by atoms with Crippen molar-refractivity contribution in [1.29, 1.82) is 0 Å². The molecule has 0 atom stereocenters. The number of amides is 1. The van der Waals surface area contributed by atoms with Gasteiger partial charge in [-0.05, 0) is 38.5 Å². The number of rotatable bonds is 3. The number of hydrogen-bond donors (Lipinski definition) is 1. The Bertz CT molecular complexity index is 870. The number of nitrogens with one attached hydrogen (secondary N) is 1. The summed E-state index contributed by atoms with van der Waals surface area (Å²) in [4.78, 5) is 16.3. The van der Waals surface area contributed by atoms with E-state index < -0.39 is 6.09 Å². The molecule has 2 aromatic heterocycles. The first-order chi connectivity index (χ1) is 11.1. The maximum atomic E-state index is 11.7. The molecule has 6 nitrogen and oxygen atoms in total. The van der Waals surface area contributed by atoms with Crippen molar-refractivity contribution < 1.29 is 9.53 Å². The van der Waals surface area contributed by atoms with Crippen LogP contribution in [0.2, 0.25) is 0 Å². The number of anilines is 1. The molecule has 3 aromatic rings. The lowest BCUT2D eigenvalue weighted by atomic mass is 10.1. The van der Waals surface area contributed by atoms with Gasteiger partial charge in [0.05, 0.1) is 17.8 Å². The second kappa shape index (κ2) is 6.08. The summed E-state index contributed by atoms with van der Waals surface area (Å²) in [6, 6.07) is 11.7. The first-order valence-corrected chi connectivity index (χ1v) is 7.45. The molecule has 118 valence electrons. The minimum absolute atomic E-state index is 0.312. The molecule has 3 rings (SSSR count). The summed E-state index contributed by atoms with van der Waals surface area (Å²) in [5.41, 5.74) is 2.77. The Labute approximate surface area is 134 Å². The fraction of sp³-hybridized carbons (Fsp3) is 0.235. The molecule has 0 spiro atoms. The van der Waals surface area contributed by atoms with Crippen molar-refractivity contribution >= 4 is 22.8 Å². The average Bonchev–Trinajstić information content (AvgIpc) is 2.88. The Morgan fingerprint density at radius 3 is 2.83 bits per heavy atom. The minimum atomic E-state index is -0.508. The number of carbonyl (C=O) groups is 1. The normalized spacial score (nSPS) is 10.7. The quantitative estimate of drug-likeness (QED) is 0.802. The smallest absolute Gasteiger partial charge is 0.412 e. The molecule has 1 amide bonds. The number of nitrogens with zero attached hydrogens (tertiary/aromatic N) is 3. The van der Waals surface area contributed by atoms with Gasteiger partial charge in [0.2, 0.25) is 0 Å². The molecule has 0 saturated carbocycles. The van der Waals surface area contributed by atoms with Crippen LogP contribution in [0.5, 0.6) is 0 Å². The van der Waals surface area contributed by atoms with Crippen molar-refractivity contribution in [3.8, 4) is 5.82 Å². The number of para-hydroxylation sites is 1. The number of ether oxygens (including phenoxy) is 1. The third kappa shape index (κ3) is 3.01. The number of aryl methyl sites for hydroxylation is 2. The Kier molecular flexibility index (Phi) is 3.97. The summed E-state index contributed by atoms with van der Waals surface area (Å²) >= 11 is 0. The molecule has 6 heteroatoms. The van der Waals surface area contributed by atoms with Gasteiger partial charge in [-0.3, -0.25) is 5.32 Å².